The van der Waals surface area contributed by atoms with Gasteiger partial charge in [0.05, 0.1) is 25.4 Å². The summed E-state index contributed by atoms with van der Waals surface area (Å²) in [6.07, 6.45) is 0.745. The summed E-state index contributed by atoms with van der Waals surface area (Å²) in [6.45, 7) is 17.3. The lowest BCUT2D eigenvalue weighted by atomic mass is 10.2. The van der Waals surface area contributed by atoms with Crippen LogP contribution in [0.2, 0.25) is 0 Å². The van der Waals surface area contributed by atoms with Gasteiger partial charge in [-0.2, -0.15) is 0 Å². The second kappa shape index (κ2) is 8.60. The molecule has 2 aliphatic heterocycles. The van der Waals surface area contributed by atoms with Crippen LogP contribution >= 0.6 is 0 Å². The lowest BCUT2D eigenvalue weighted by Crippen LogP contribution is -2.51. The van der Waals surface area contributed by atoms with Gasteiger partial charge in [-0.1, -0.05) is 0 Å². The van der Waals surface area contributed by atoms with E-state index < -0.39 is 0 Å². The molecule has 5 nitrogen and oxygen atoms in total. The molecule has 2 fully saturated rings. The number of morpholine rings is 2. The van der Waals surface area contributed by atoms with Crippen molar-refractivity contribution in [3.05, 3.63) is 0 Å². The predicted octanol–water partition coefficient (Wildman–Crippen LogP) is 1.14. The molecule has 0 saturated carbocycles. The van der Waals surface area contributed by atoms with E-state index in [1.54, 1.807) is 0 Å². The number of hydrogen-bond acceptors (Lipinski definition) is 5. The fraction of sp³-hybridized carbons (Fsp3) is 1.00. The molecule has 0 aliphatic carbocycles. The Bertz CT molecular complexity index is 299. The highest BCUT2D eigenvalue weighted by molar-refractivity contribution is 4.78. The van der Waals surface area contributed by atoms with E-state index in [0.717, 1.165) is 52.5 Å². The van der Waals surface area contributed by atoms with Gasteiger partial charge in [-0.3, -0.25) is 9.80 Å². The predicted molar refractivity (Wildman–Crippen MR) is 90.4 cm³/mol. The molecule has 2 saturated heterocycles. The van der Waals surface area contributed by atoms with E-state index in [-0.39, 0.29) is 0 Å². The van der Waals surface area contributed by atoms with Gasteiger partial charge >= 0.3 is 0 Å². The van der Waals surface area contributed by atoms with Crippen LogP contribution in [0.3, 0.4) is 0 Å². The van der Waals surface area contributed by atoms with Crippen LogP contribution in [0.5, 0.6) is 0 Å². The van der Waals surface area contributed by atoms with Gasteiger partial charge in [-0.25, -0.2) is 0 Å². The Labute approximate surface area is 136 Å². The topological polar surface area (TPSA) is 28.2 Å². The van der Waals surface area contributed by atoms with E-state index in [0.29, 0.717) is 24.3 Å². The van der Waals surface area contributed by atoms with Crippen molar-refractivity contribution in [3.63, 3.8) is 0 Å². The Kier molecular flexibility index (Phi) is 7.09. The van der Waals surface area contributed by atoms with E-state index in [4.69, 9.17) is 9.47 Å². The molecular weight excluding hydrogens is 278 g/mol. The highest BCUT2D eigenvalue weighted by atomic mass is 16.5. The molecule has 0 aromatic carbocycles. The molecule has 2 heterocycles. The number of nitrogens with zero attached hydrogens (tertiary/aromatic N) is 3. The van der Waals surface area contributed by atoms with Crippen molar-refractivity contribution in [2.75, 3.05) is 59.5 Å². The second-order valence-electron chi connectivity index (χ2n) is 7.28. The SMILES string of the molecule is C[C@@H]1CN(CCN(C)CCN2C[C@H](C)OC[C@@H]2C)[C@@H](C)CO1. The normalized spacial score (nSPS) is 35.2. The highest BCUT2D eigenvalue weighted by Gasteiger charge is 2.24. The average molecular weight is 313 g/mol. The Balaban J connectivity index is 1.66. The minimum Gasteiger partial charge on any atom is -0.376 e. The summed E-state index contributed by atoms with van der Waals surface area (Å²) in [5.74, 6) is 0. The number of rotatable bonds is 6. The Hall–Kier alpha value is -0.200. The Morgan fingerprint density at radius 2 is 1.23 bits per heavy atom. The van der Waals surface area contributed by atoms with Crippen LogP contribution < -0.4 is 0 Å². The summed E-state index contributed by atoms with van der Waals surface area (Å²) >= 11 is 0. The fourth-order valence-corrected chi connectivity index (χ4v) is 3.28. The van der Waals surface area contributed by atoms with Crippen LogP contribution in [0.15, 0.2) is 0 Å². The molecule has 0 aromatic heterocycles. The first-order valence-corrected chi connectivity index (χ1v) is 8.85. The highest BCUT2D eigenvalue weighted by Crippen LogP contribution is 2.12. The summed E-state index contributed by atoms with van der Waals surface area (Å²) in [7, 11) is 2.24. The third-order valence-corrected chi connectivity index (χ3v) is 5.01. The van der Waals surface area contributed by atoms with E-state index in [1.165, 1.54) is 0 Å². The van der Waals surface area contributed by atoms with E-state index in [1.807, 2.05) is 0 Å². The zero-order valence-corrected chi connectivity index (χ0v) is 15.1. The Morgan fingerprint density at radius 3 is 1.64 bits per heavy atom. The maximum absolute atomic E-state index is 5.70. The fourth-order valence-electron chi connectivity index (χ4n) is 3.28. The number of likely N-dealkylation sites (N-methyl/N-ethyl adjacent to an activating group) is 1. The molecule has 2 aliphatic rings. The summed E-state index contributed by atoms with van der Waals surface area (Å²) in [4.78, 5) is 7.58. The molecule has 2 rings (SSSR count). The molecule has 0 spiro atoms. The van der Waals surface area contributed by atoms with Crippen molar-refractivity contribution in [1.29, 1.82) is 0 Å². The second-order valence-corrected chi connectivity index (χ2v) is 7.28. The van der Waals surface area contributed by atoms with E-state index in [2.05, 4.69) is 49.4 Å². The summed E-state index contributed by atoms with van der Waals surface area (Å²) < 4.78 is 11.4. The van der Waals surface area contributed by atoms with Gasteiger partial charge < -0.3 is 14.4 Å². The van der Waals surface area contributed by atoms with Gasteiger partial charge in [-0.05, 0) is 34.7 Å². The molecule has 0 radical (unpaired) electrons. The lowest BCUT2D eigenvalue weighted by molar-refractivity contribution is -0.0552. The van der Waals surface area contributed by atoms with Crippen molar-refractivity contribution in [2.45, 2.75) is 52.0 Å². The van der Waals surface area contributed by atoms with Crippen molar-refractivity contribution in [2.24, 2.45) is 0 Å². The smallest absolute Gasteiger partial charge is 0.0674 e. The summed E-state index contributed by atoms with van der Waals surface area (Å²) in [5.41, 5.74) is 0. The van der Waals surface area contributed by atoms with Gasteiger partial charge in [-0.15, -0.1) is 0 Å². The largest absolute Gasteiger partial charge is 0.376 e. The molecule has 4 atom stereocenters. The van der Waals surface area contributed by atoms with E-state index >= 15 is 0 Å². The summed E-state index contributed by atoms with van der Waals surface area (Å²) in [5, 5.41) is 0. The van der Waals surface area contributed by atoms with Crippen LogP contribution in [0.1, 0.15) is 27.7 Å². The quantitative estimate of drug-likeness (QED) is 0.733. The van der Waals surface area contributed by atoms with E-state index in [9.17, 15) is 0 Å². The molecule has 0 bridgehead atoms. The summed E-state index contributed by atoms with van der Waals surface area (Å²) in [6, 6.07) is 1.09. The molecular formula is C17H35N3O2. The van der Waals surface area contributed by atoms with Crippen LogP contribution in [0, 0.1) is 0 Å². The molecule has 0 N–H and O–H groups in total. The molecule has 22 heavy (non-hydrogen) atoms. The van der Waals surface area contributed by atoms with Crippen LogP contribution in [-0.4, -0.2) is 98.5 Å². The molecule has 130 valence electrons. The zero-order chi connectivity index (χ0) is 16.1. The van der Waals surface area contributed by atoms with Crippen LogP contribution in [-0.2, 0) is 9.47 Å². The zero-order valence-electron chi connectivity index (χ0n) is 15.1. The van der Waals surface area contributed by atoms with Crippen molar-refractivity contribution >= 4 is 0 Å². The maximum Gasteiger partial charge on any atom is 0.0674 e. The minimum atomic E-state index is 0.372. The van der Waals surface area contributed by atoms with Gasteiger partial charge in [0, 0.05) is 51.4 Å². The van der Waals surface area contributed by atoms with Crippen LogP contribution in [0.25, 0.3) is 0 Å². The van der Waals surface area contributed by atoms with Crippen molar-refractivity contribution in [1.82, 2.24) is 14.7 Å². The van der Waals surface area contributed by atoms with Gasteiger partial charge in [0.15, 0.2) is 0 Å². The van der Waals surface area contributed by atoms with Gasteiger partial charge in [0.2, 0.25) is 0 Å². The maximum atomic E-state index is 5.70. The minimum absolute atomic E-state index is 0.372. The van der Waals surface area contributed by atoms with Gasteiger partial charge in [0.25, 0.3) is 0 Å². The number of hydrogen-bond donors (Lipinski definition) is 0. The van der Waals surface area contributed by atoms with Crippen molar-refractivity contribution in [3.8, 4) is 0 Å². The first-order chi connectivity index (χ1) is 10.5. The third kappa shape index (κ3) is 5.46. The van der Waals surface area contributed by atoms with Crippen LogP contribution in [0.4, 0.5) is 0 Å². The first-order valence-electron chi connectivity index (χ1n) is 8.85. The first kappa shape index (κ1) is 18.1. The molecule has 0 amide bonds. The number of ether oxygens (including phenoxy) is 2. The monoisotopic (exact) mass is 313 g/mol. The van der Waals surface area contributed by atoms with Gasteiger partial charge in [0.1, 0.15) is 0 Å². The third-order valence-electron chi connectivity index (χ3n) is 5.01. The average Bonchev–Trinajstić information content (AvgIpc) is 2.49. The molecule has 5 heteroatoms. The Morgan fingerprint density at radius 1 is 0.818 bits per heavy atom. The van der Waals surface area contributed by atoms with Crippen molar-refractivity contribution < 1.29 is 9.47 Å². The molecule has 0 aromatic rings. The standard InChI is InChI=1S/C17H35N3O2/c1-14-12-21-16(3)10-19(14)8-6-18(5)7-9-20-11-17(4)22-13-15(20)2/h14-17H,6-13H2,1-5H3/t14-,15-,16-,17+/m0/s1. The molecule has 0 unspecified atom stereocenters. The lowest BCUT2D eigenvalue weighted by Gasteiger charge is -2.39.